The van der Waals surface area contributed by atoms with Crippen LogP contribution in [-0.2, 0) is 16.4 Å². The molecule has 0 radical (unpaired) electrons. The highest BCUT2D eigenvalue weighted by molar-refractivity contribution is 9.10. The van der Waals surface area contributed by atoms with E-state index >= 15 is 0 Å². The van der Waals surface area contributed by atoms with Crippen LogP contribution in [0.5, 0.6) is 0 Å². The van der Waals surface area contributed by atoms with Gasteiger partial charge in [-0.05, 0) is 36.6 Å². The van der Waals surface area contributed by atoms with Crippen LogP contribution in [0.1, 0.15) is 11.1 Å². The van der Waals surface area contributed by atoms with E-state index in [1.165, 1.54) is 0 Å². The molecule has 3 nitrogen and oxygen atoms in total. The summed E-state index contributed by atoms with van der Waals surface area (Å²) in [6.45, 7) is 1.96. The standard InChI is InChI=1S/C15H16BrNO2S/c1-12-7-8-14(11-15(12)16)17-20(18,19)10-9-13-5-3-2-4-6-13/h2-8,11,17H,9-10H2,1H3. The lowest BCUT2D eigenvalue weighted by molar-refractivity contribution is 0.600. The minimum absolute atomic E-state index is 0.0719. The van der Waals surface area contributed by atoms with Crippen LogP contribution in [0.2, 0.25) is 0 Å². The van der Waals surface area contributed by atoms with Gasteiger partial charge in [0.2, 0.25) is 10.0 Å². The van der Waals surface area contributed by atoms with Crippen LogP contribution in [0.3, 0.4) is 0 Å². The minimum Gasteiger partial charge on any atom is -0.284 e. The maximum Gasteiger partial charge on any atom is 0.233 e. The first kappa shape index (κ1) is 15.1. The Balaban J connectivity index is 2.02. The number of sulfonamides is 1. The van der Waals surface area contributed by atoms with Crippen molar-refractivity contribution in [3.63, 3.8) is 0 Å². The summed E-state index contributed by atoms with van der Waals surface area (Å²) in [7, 11) is -3.33. The maximum atomic E-state index is 12.0. The largest absolute Gasteiger partial charge is 0.284 e. The second kappa shape index (κ2) is 6.41. The molecule has 0 bridgehead atoms. The van der Waals surface area contributed by atoms with Crippen molar-refractivity contribution < 1.29 is 8.42 Å². The Kier molecular flexibility index (Phi) is 4.83. The summed E-state index contributed by atoms with van der Waals surface area (Å²) in [5, 5.41) is 0. The number of nitrogens with one attached hydrogen (secondary N) is 1. The molecule has 0 saturated carbocycles. The summed E-state index contributed by atoms with van der Waals surface area (Å²) < 4.78 is 27.6. The molecule has 20 heavy (non-hydrogen) atoms. The molecule has 0 fully saturated rings. The van der Waals surface area contributed by atoms with E-state index in [9.17, 15) is 8.42 Å². The highest BCUT2D eigenvalue weighted by atomic mass is 79.9. The Morgan fingerprint density at radius 3 is 2.45 bits per heavy atom. The molecule has 0 aromatic heterocycles. The fraction of sp³-hybridized carbons (Fsp3) is 0.200. The second-order valence-electron chi connectivity index (χ2n) is 4.62. The van der Waals surface area contributed by atoms with Crippen LogP contribution in [0.25, 0.3) is 0 Å². The molecule has 0 saturated heterocycles. The summed E-state index contributed by atoms with van der Waals surface area (Å²) in [6, 6.07) is 15.0. The predicted molar refractivity (Wildman–Crippen MR) is 86.4 cm³/mol. The lowest BCUT2D eigenvalue weighted by Gasteiger charge is -2.09. The first-order valence-electron chi connectivity index (χ1n) is 6.27. The van der Waals surface area contributed by atoms with Gasteiger partial charge in [-0.15, -0.1) is 0 Å². The van der Waals surface area contributed by atoms with Crippen LogP contribution in [0, 0.1) is 6.92 Å². The molecule has 2 aromatic rings. The Hall–Kier alpha value is -1.33. The van der Waals surface area contributed by atoms with E-state index in [0.29, 0.717) is 12.1 Å². The van der Waals surface area contributed by atoms with Gasteiger partial charge in [0.25, 0.3) is 0 Å². The van der Waals surface area contributed by atoms with Crippen LogP contribution in [0.4, 0.5) is 5.69 Å². The van der Waals surface area contributed by atoms with Crippen molar-refractivity contribution in [2.24, 2.45) is 0 Å². The molecular weight excluding hydrogens is 338 g/mol. The molecule has 0 spiro atoms. The zero-order chi connectivity index (χ0) is 14.6. The second-order valence-corrected chi connectivity index (χ2v) is 7.32. The van der Waals surface area contributed by atoms with E-state index in [1.54, 1.807) is 12.1 Å². The van der Waals surface area contributed by atoms with Gasteiger partial charge in [-0.3, -0.25) is 4.72 Å². The summed E-state index contributed by atoms with van der Waals surface area (Å²) >= 11 is 3.39. The molecule has 2 rings (SSSR count). The highest BCUT2D eigenvalue weighted by Crippen LogP contribution is 2.21. The Morgan fingerprint density at radius 2 is 1.80 bits per heavy atom. The first-order chi connectivity index (χ1) is 9.46. The molecular formula is C15H16BrNO2S. The number of anilines is 1. The van der Waals surface area contributed by atoms with E-state index in [4.69, 9.17) is 0 Å². The SMILES string of the molecule is Cc1ccc(NS(=O)(=O)CCc2ccccc2)cc1Br. The maximum absolute atomic E-state index is 12.0. The van der Waals surface area contributed by atoms with Gasteiger partial charge in [0, 0.05) is 10.2 Å². The van der Waals surface area contributed by atoms with Gasteiger partial charge in [0.05, 0.1) is 5.75 Å². The molecule has 0 amide bonds. The lowest BCUT2D eigenvalue weighted by atomic mass is 10.2. The van der Waals surface area contributed by atoms with Crippen molar-refractivity contribution in [2.45, 2.75) is 13.3 Å². The molecule has 0 atom stereocenters. The monoisotopic (exact) mass is 353 g/mol. The molecule has 0 aliphatic heterocycles. The van der Waals surface area contributed by atoms with Crippen molar-refractivity contribution in [1.82, 2.24) is 0 Å². The van der Waals surface area contributed by atoms with Crippen LogP contribution < -0.4 is 4.72 Å². The van der Waals surface area contributed by atoms with Gasteiger partial charge in [0.1, 0.15) is 0 Å². The molecule has 2 aromatic carbocycles. The van der Waals surface area contributed by atoms with Crippen LogP contribution in [0.15, 0.2) is 53.0 Å². The molecule has 0 aliphatic carbocycles. The number of aryl methyl sites for hydroxylation is 2. The van der Waals surface area contributed by atoms with Crippen molar-refractivity contribution in [2.75, 3.05) is 10.5 Å². The number of rotatable bonds is 5. The van der Waals surface area contributed by atoms with Crippen molar-refractivity contribution in [3.05, 3.63) is 64.1 Å². The number of hydrogen-bond acceptors (Lipinski definition) is 2. The smallest absolute Gasteiger partial charge is 0.233 e. The topological polar surface area (TPSA) is 46.2 Å². The fourth-order valence-corrected chi connectivity index (χ4v) is 3.26. The third-order valence-electron chi connectivity index (χ3n) is 2.95. The summed E-state index contributed by atoms with van der Waals surface area (Å²) in [4.78, 5) is 0. The Morgan fingerprint density at radius 1 is 1.10 bits per heavy atom. The average Bonchev–Trinajstić information content (AvgIpc) is 2.42. The van der Waals surface area contributed by atoms with E-state index in [1.807, 2.05) is 43.3 Å². The van der Waals surface area contributed by atoms with Gasteiger partial charge in [-0.25, -0.2) is 8.42 Å². The third kappa shape index (κ3) is 4.35. The quantitative estimate of drug-likeness (QED) is 0.889. The highest BCUT2D eigenvalue weighted by Gasteiger charge is 2.11. The van der Waals surface area contributed by atoms with Gasteiger partial charge < -0.3 is 0 Å². The molecule has 0 aliphatic rings. The number of hydrogen-bond donors (Lipinski definition) is 1. The Bertz CT molecular complexity index is 684. The summed E-state index contributed by atoms with van der Waals surface area (Å²) in [6.07, 6.45) is 0.503. The van der Waals surface area contributed by atoms with E-state index < -0.39 is 10.0 Å². The van der Waals surface area contributed by atoms with Crippen molar-refractivity contribution in [1.29, 1.82) is 0 Å². The van der Waals surface area contributed by atoms with Gasteiger partial charge in [-0.2, -0.15) is 0 Å². The molecule has 1 N–H and O–H groups in total. The molecule has 0 heterocycles. The van der Waals surface area contributed by atoms with Crippen LogP contribution >= 0.6 is 15.9 Å². The van der Waals surface area contributed by atoms with E-state index in [-0.39, 0.29) is 5.75 Å². The fourth-order valence-electron chi connectivity index (χ4n) is 1.78. The molecule has 0 unspecified atom stereocenters. The van der Waals surface area contributed by atoms with Crippen molar-refractivity contribution >= 4 is 31.6 Å². The van der Waals surface area contributed by atoms with Gasteiger partial charge in [0.15, 0.2) is 0 Å². The van der Waals surface area contributed by atoms with Gasteiger partial charge in [-0.1, -0.05) is 52.3 Å². The van der Waals surface area contributed by atoms with Crippen LogP contribution in [-0.4, -0.2) is 14.2 Å². The normalized spacial score (nSPS) is 11.3. The minimum atomic E-state index is -3.33. The number of benzene rings is 2. The zero-order valence-corrected chi connectivity index (χ0v) is 13.5. The molecule has 106 valence electrons. The molecule has 5 heteroatoms. The zero-order valence-electron chi connectivity index (χ0n) is 11.1. The third-order valence-corrected chi connectivity index (χ3v) is 5.09. The number of halogens is 1. The van der Waals surface area contributed by atoms with E-state index in [0.717, 1.165) is 15.6 Å². The predicted octanol–water partition coefficient (Wildman–Crippen LogP) is 3.74. The van der Waals surface area contributed by atoms with Gasteiger partial charge >= 0.3 is 0 Å². The summed E-state index contributed by atoms with van der Waals surface area (Å²) in [5.41, 5.74) is 2.66. The summed E-state index contributed by atoms with van der Waals surface area (Å²) in [5.74, 6) is 0.0719. The van der Waals surface area contributed by atoms with E-state index in [2.05, 4.69) is 20.7 Å². The first-order valence-corrected chi connectivity index (χ1v) is 8.71. The Labute approximate surface area is 128 Å². The lowest BCUT2D eigenvalue weighted by Crippen LogP contribution is -2.18. The van der Waals surface area contributed by atoms with Crippen molar-refractivity contribution in [3.8, 4) is 0 Å². The average molecular weight is 354 g/mol.